The fourth-order valence-electron chi connectivity index (χ4n) is 2.52. The fraction of sp³-hybridized carbons (Fsp3) is 0.333. The average molecular weight is 403 g/mol. The molecule has 2 heterocycles. The Kier molecular flexibility index (Phi) is 5.81. The molecule has 1 aromatic carbocycles. The summed E-state index contributed by atoms with van der Waals surface area (Å²) in [6.45, 7) is 7.71. The highest BCUT2D eigenvalue weighted by atomic mass is 32.2. The van der Waals surface area contributed by atoms with E-state index in [0.717, 1.165) is 32.7 Å². The third kappa shape index (κ3) is 4.48. The topological polar surface area (TPSA) is 84.7 Å². The van der Waals surface area contributed by atoms with E-state index in [1.165, 1.54) is 23.1 Å². The van der Waals surface area contributed by atoms with Crippen molar-refractivity contribution in [2.45, 2.75) is 37.3 Å². The SMILES string of the molecule is Cc1ccccc1Nc1nnc(S[C@H](C)C(=O)Nc2c(C)nn(C)c2C)s1. The molecule has 1 amide bonds. The van der Waals surface area contributed by atoms with Gasteiger partial charge >= 0.3 is 0 Å². The van der Waals surface area contributed by atoms with E-state index in [9.17, 15) is 4.79 Å². The number of aromatic nitrogens is 4. The van der Waals surface area contributed by atoms with Crippen LogP contribution in [0.5, 0.6) is 0 Å². The van der Waals surface area contributed by atoms with Gasteiger partial charge in [0.15, 0.2) is 4.34 Å². The van der Waals surface area contributed by atoms with Gasteiger partial charge in [-0.1, -0.05) is 41.3 Å². The molecule has 142 valence electrons. The minimum absolute atomic E-state index is 0.0807. The Morgan fingerprint density at radius 3 is 2.63 bits per heavy atom. The molecule has 3 rings (SSSR count). The summed E-state index contributed by atoms with van der Waals surface area (Å²) in [7, 11) is 1.86. The van der Waals surface area contributed by atoms with Crippen molar-refractivity contribution >= 4 is 45.5 Å². The van der Waals surface area contributed by atoms with Gasteiger partial charge in [-0.25, -0.2) is 0 Å². The van der Waals surface area contributed by atoms with Crippen LogP contribution >= 0.6 is 23.1 Å². The number of nitrogens with zero attached hydrogens (tertiary/aromatic N) is 4. The summed E-state index contributed by atoms with van der Waals surface area (Å²) in [5.41, 5.74) is 4.64. The van der Waals surface area contributed by atoms with Crippen molar-refractivity contribution in [2.24, 2.45) is 7.05 Å². The van der Waals surface area contributed by atoms with Crippen molar-refractivity contribution in [2.75, 3.05) is 10.6 Å². The summed E-state index contributed by atoms with van der Waals surface area (Å²) >= 11 is 2.82. The van der Waals surface area contributed by atoms with Crippen LogP contribution in [0.15, 0.2) is 28.6 Å². The molecule has 1 atom stereocenters. The molecule has 2 N–H and O–H groups in total. The van der Waals surface area contributed by atoms with E-state index in [2.05, 4.69) is 25.9 Å². The molecule has 0 unspecified atom stereocenters. The number of thioether (sulfide) groups is 1. The third-order valence-corrected chi connectivity index (χ3v) is 6.22. The lowest BCUT2D eigenvalue weighted by Crippen LogP contribution is -2.23. The van der Waals surface area contributed by atoms with Gasteiger partial charge in [0.05, 0.1) is 22.3 Å². The quantitative estimate of drug-likeness (QED) is 0.605. The largest absolute Gasteiger partial charge is 0.330 e. The Hall–Kier alpha value is -2.39. The van der Waals surface area contributed by atoms with Crippen LogP contribution < -0.4 is 10.6 Å². The Balaban J connectivity index is 1.62. The van der Waals surface area contributed by atoms with Crippen molar-refractivity contribution in [3.8, 4) is 0 Å². The molecule has 0 fully saturated rings. The molecular formula is C18H22N6OS2. The second kappa shape index (κ2) is 8.10. The lowest BCUT2D eigenvalue weighted by atomic mass is 10.2. The van der Waals surface area contributed by atoms with Gasteiger partial charge in [0.1, 0.15) is 0 Å². The first-order chi connectivity index (χ1) is 12.8. The van der Waals surface area contributed by atoms with E-state index in [0.29, 0.717) is 5.13 Å². The molecule has 7 nitrogen and oxygen atoms in total. The first-order valence-corrected chi connectivity index (χ1v) is 10.2. The molecule has 0 saturated carbocycles. The zero-order valence-corrected chi connectivity index (χ0v) is 17.5. The summed E-state index contributed by atoms with van der Waals surface area (Å²) in [5, 5.41) is 19.3. The molecule has 3 aromatic rings. The Bertz CT molecular complexity index is 965. The van der Waals surface area contributed by atoms with Gasteiger partial charge in [0.25, 0.3) is 0 Å². The summed E-state index contributed by atoms with van der Waals surface area (Å²) in [4.78, 5) is 12.5. The summed E-state index contributed by atoms with van der Waals surface area (Å²) < 4.78 is 2.50. The van der Waals surface area contributed by atoms with Crippen LogP contribution in [0.4, 0.5) is 16.5 Å². The number of carbonyl (C=O) groups excluding carboxylic acids is 1. The van der Waals surface area contributed by atoms with E-state index in [4.69, 9.17) is 0 Å². The predicted molar refractivity (Wildman–Crippen MR) is 111 cm³/mol. The third-order valence-electron chi connectivity index (χ3n) is 4.20. The van der Waals surface area contributed by atoms with Gasteiger partial charge in [0.2, 0.25) is 11.0 Å². The van der Waals surface area contributed by atoms with Crippen LogP contribution in [-0.2, 0) is 11.8 Å². The molecule has 0 saturated heterocycles. The second-order valence-electron chi connectivity index (χ2n) is 6.23. The summed E-state index contributed by atoms with van der Waals surface area (Å²) in [5.74, 6) is -0.0807. The maximum Gasteiger partial charge on any atom is 0.237 e. The van der Waals surface area contributed by atoms with E-state index in [-0.39, 0.29) is 11.2 Å². The van der Waals surface area contributed by atoms with Gasteiger partial charge in [-0.05, 0) is 39.3 Å². The monoisotopic (exact) mass is 402 g/mol. The first-order valence-electron chi connectivity index (χ1n) is 8.49. The number of aryl methyl sites for hydroxylation is 3. The Morgan fingerprint density at radius 1 is 1.22 bits per heavy atom. The molecule has 0 aliphatic carbocycles. The van der Waals surface area contributed by atoms with Crippen LogP contribution in [0.3, 0.4) is 0 Å². The molecule has 0 spiro atoms. The average Bonchev–Trinajstić information content (AvgIpc) is 3.16. The Morgan fingerprint density at radius 2 is 1.96 bits per heavy atom. The van der Waals surface area contributed by atoms with E-state index in [1.54, 1.807) is 4.68 Å². The molecule has 0 aliphatic heterocycles. The number of benzene rings is 1. The van der Waals surface area contributed by atoms with Crippen molar-refractivity contribution in [3.05, 3.63) is 41.2 Å². The lowest BCUT2D eigenvalue weighted by Gasteiger charge is -2.10. The van der Waals surface area contributed by atoms with E-state index < -0.39 is 0 Å². The van der Waals surface area contributed by atoms with E-state index in [1.807, 2.05) is 59.0 Å². The maximum absolute atomic E-state index is 12.5. The molecule has 0 aliphatic rings. The lowest BCUT2D eigenvalue weighted by molar-refractivity contribution is -0.115. The van der Waals surface area contributed by atoms with Crippen molar-refractivity contribution in [3.63, 3.8) is 0 Å². The summed E-state index contributed by atoms with van der Waals surface area (Å²) in [6.07, 6.45) is 0. The van der Waals surface area contributed by atoms with E-state index >= 15 is 0 Å². The molecule has 9 heteroatoms. The van der Waals surface area contributed by atoms with Crippen LogP contribution in [0.25, 0.3) is 0 Å². The number of para-hydroxylation sites is 1. The van der Waals surface area contributed by atoms with Gasteiger partial charge in [-0.2, -0.15) is 5.10 Å². The summed E-state index contributed by atoms with van der Waals surface area (Å²) in [6, 6.07) is 8.00. The number of anilines is 3. The normalized spacial score (nSPS) is 12.0. The molecule has 27 heavy (non-hydrogen) atoms. The number of hydrogen-bond acceptors (Lipinski definition) is 7. The van der Waals surface area contributed by atoms with Crippen molar-refractivity contribution < 1.29 is 4.79 Å². The standard InChI is InChI=1S/C18H22N6OS2/c1-10-8-6-7-9-14(10)19-17-21-22-18(27-17)26-13(4)16(25)20-15-11(2)23-24(5)12(15)3/h6-9,13H,1-5H3,(H,19,21)(H,20,25)/t13-/m1/s1. The zero-order valence-electron chi connectivity index (χ0n) is 15.9. The molecular weight excluding hydrogens is 380 g/mol. The van der Waals surface area contributed by atoms with Crippen molar-refractivity contribution in [1.82, 2.24) is 20.0 Å². The van der Waals surface area contributed by atoms with Crippen molar-refractivity contribution in [1.29, 1.82) is 0 Å². The number of carbonyl (C=O) groups is 1. The highest BCUT2D eigenvalue weighted by Gasteiger charge is 2.20. The van der Waals surface area contributed by atoms with Crippen LogP contribution in [0.2, 0.25) is 0 Å². The van der Waals surface area contributed by atoms with Gasteiger partial charge < -0.3 is 10.6 Å². The Labute approximate surface area is 166 Å². The van der Waals surface area contributed by atoms with Gasteiger partial charge in [-0.3, -0.25) is 9.48 Å². The highest BCUT2D eigenvalue weighted by Crippen LogP contribution is 2.31. The molecule has 0 radical (unpaired) electrons. The molecule has 0 bridgehead atoms. The number of rotatable bonds is 6. The highest BCUT2D eigenvalue weighted by molar-refractivity contribution is 8.02. The number of nitrogens with one attached hydrogen (secondary N) is 2. The fourth-order valence-corrected chi connectivity index (χ4v) is 4.43. The van der Waals surface area contributed by atoms with Gasteiger partial charge in [0, 0.05) is 12.7 Å². The predicted octanol–water partition coefficient (Wildman–Crippen LogP) is 4.06. The minimum atomic E-state index is -0.303. The van der Waals surface area contributed by atoms with Gasteiger partial charge in [-0.15, -0.1) is 10.2 Å². The van der Waals surface area contributed by atoms with Crippen LogP contribution in [0.1, 0.15) is 23.9 Å². The van der Waals surface area contributed by atoms with Crippen LogP contribution in [0, 0.1) is 20.8 Å². The number of hydrogen-bond donors (Lipinski definition) is 2. The smallest absolute Gasteiger partial charge is 0.237 e. The maximum atomic E-state index is 12.5. The van der Waals surface area contributed by atoms with Crippen LogP contribution in [-0.4, -0.2) is 31.1 Å². The second-order valence-corrected chi connectivity index (χ2v) is 8.80. The zero-order chi connectivity index (χ0) is 19.6. The molecule has 2 aromatic heterocycles. The number of amides is 1. The minimum Gasteiger partial charge on any atom is -0.330 e. The first kappa shape index (κ1) is 19.4.